The molecule has 2 amide bonds. The molecule has 0 heterocycles. The Morgan fingerprint density at radius 3 is 2.32 bits per heavy atom. The standard InChI is InChI=1S/C32H38ClN3O4S/c1-23-11-10-12-26(19-23)21-35(25(3)32(38)34-28-13-6-4-7-14-28)31(37)22-36(30-18-17-27(33)20-24(30)2)41(39,40)29-15-8-5-9-16-29/h5,8-12,15-20,25,28H,4,6-7,13-14,21-22H2,1-3H3,(H,34,38)/t25-/m1/s1. The SMILES string of the molecule is Cc1cccc(CN(C(=O)CN(c2ccc(Cl)cc2C)S(=O)(=O)c2ccccc2)[C@H](C)C(=O)NC2CCCCC2)c1. The summed E-state index contributed by atoms with van der Waals surface area (Å²) < 4.78 is 29.0. The van der Waals surface area contributed by atoms with Crippen molar-refractivity contribution in [1.29, 1.82) is 0 Å². The van der Waals surface area contributed by atoms with Crippen LogP contribution in [-0.4, -0.2) is 43.8 Å². The zero-order valence-electron chi connectivity index (χ0n) is 23.8. The van der Waals surface area contributed by atoms with Gasteiger partial charge in [0.1, 0.15) is 12.6 Å². The molecule has 7 nitrogen and oxygen atoms in total. The number of aryl methyl sites for hydroxylation is 2. The molecule has 218 valence electrons. The third-order valence-corrected chi connectivity index (χ3v) is 9.60. The average molecular weight is 596 g/mol. The van der Waals surface area contributed by atoms with Crippen LogP contribution < -0.4 is 9.62 Å². The molecule has 0 bridgehead atoms. The van der Waals surface area contributed by atoms with Crippen molar-refractivity contribution in [2.24, 2.45) is 0 Å². The van der Waals surface area contributed by atoms with Crippen LogP contribution in [0.5, 0.6) is 0 Å². The van der Waals surface area contributed by atoms with Gasteiger partial charge in [-0.2, -0.15) is 0 Å². The van der Waals surface area contributed by atoms with Gasteiger partial charge in [-0.15, -0.1) is 0 Å². The highest BCUT2D eigenvalue weighted by atomic mass is 35.5. The summed E-state index contributed by atoms with van der Waals surface area (Å²) >= 11 is 6.18. The van der Waals surface area contributed by atoms with Gasteiger partial charge in [-0.1, -0.05) is 78.9 Å². The summed E-state index contributed by atoms with van der Waals surface area (Å²) in [6, 6.07) is 19.9. The third-order valence-electron chi connectivity index (χ3n) is 7.59. The minimum Gasteiger partial charge on any atom is -0.352 e. The molecule has 4 rings (SSSR count). The van der Waals surface area contributed by atoms with Gasteiger partial charge < -0.3 is 10.2 Å². The second-order valence-electron chi connectivity index (χ2n) is 10.8. The van der Waals surface area contributed by atoms with E-state index in [0.29, 0.717) is 16.3 Å². The van der Waals surface area contributed by atoms with E-state index in [4.69, 9.17) is 11.6 Å². The maximum absolute atomic E-state index is 14.1. The van der Waals surface area contributed by atoms with Crippen molar-refractivity contribution in [3.8, 4) is 0 Å². The Kier molecular flexibility index (Phi) is 10.1. The van der Waals surface area contributed by atoms with E-state index in [9.17, 15) is 18.0 Å². The number of rotatable bonds is 10. The van der Waals surface area contributed by atoms with E-state index in [0.717, 1.165) is 47.5 Å². The Hall–Kier alpha value is -3.36. The van der Waals surface area contributed by atoms with E-state index in [1.165, 1.54) is 17.0 Å². The van der Waals surface area contributed by atoms with Crippen molar-refractivity contribution in [3.05, 3.63) is 94.5 Å². The van der Waals surface area contributed by atoms with Crippen LogP contribution in [0.25, 0.3) is 0 Å². The lowest BCUT2D eigenvalue weighted by Gasteiger charge is -2.33. The fourth-order valence-electron chi connectivity index (χ4n) is 5.29. The summed E-state index contributed by atoms with van der Waals surface area (Å²) in [4.78, 5) is 29.1. The van der Waals surface area contributed by atoms with E-state index in [2.05, 4.69) is 5.32 Å². The maximum Gasteiger partial charge on any atom is 0.264 e. The Labute approximate surface area is 248 Å². The number of carbonyl (C=O) groups is 2. The van der Waals surface area contributed by atoms with Crippen LogP contribution in [-0.2, 0) is 26.2 Å². The lowest BCUT2D eigenvalue weighted by Crippen LogP contribution is -2.53. The molecule has 1 saturated carbocycles. The van der Waals surface area contributed by atoms with Gasteiger partial charge in [-0.3, -0.25) is 13.9 Å². The summed E-state index contributed by atoms with van der Waals surface area (Å²) in [5.41, 5.74) is 2.84. The predicted octanol–water partition coefficient (Wildman–Crippen LogP) is 6.02. The smallest absolute Gasteiger partial charge is 0.264 e. The van der Waals surface area contributed by atoms with Crippen molar-refractivity contribution >= 4 is 39.1 Å². The van der Waals surface area contributed by atoms with Crippen LogP contribution in [0.4, 0.5) is 5.69 Å². The molecule has 1 N–H and O–H groups in total. The lowest BCUT2D eigenvalue weighted by atomic mass is 9.95. The first-order valence-electron chi connectivity index (χ1n) is 14.1. The number of carbonyl (C=O) groups excluding carboxylic acids is 2. The van der Waals surface area contributed by atoms with Gasteiger partial charge in [0.05, 0.1) is 10.6 Å². The second-order valence-corrected chi connectivity index (χ2v) is 13.1. The Morgan fingerprint density at radius 2 is 1.66 bits per heavy atom. The van der Waals surface area contributed by atoms with Gasteiger partial charge in [0, 0.05) is 17.6 Å². The Bertz CT molecular complexity index is 1470. The second kappa shape index (κ2) is 13.5. The average Bonchev–Trinajstić information content (AvgIpc) is 2.95. The van der Waals surface area contributed by atoms with Crippen molar-refractivity contribution in [2.45, 2.75) is 76.4 Å². The summed E-state index contributed by atoms with van der Waals surface area (Å²) in [6.45, 7) is 5.11. The number of amides is 2. The third kappa shape index (κ3) is 7.68. The number of nitrogens with one attached hydrogen (secondary N) is 1. The van der Waals surface area contributed by atoms with E-state index >= 15 is 0 Å². The van der Waals surface area contributed by atoms with Crippen LogP contribution in [0, 0.1) is 13.8 Å². The molecule has 0 aromatic heterocycles. The maximum atomic E-state index is 14.1. The van der Waals surface area contributed by atoms with Crippen molar-refractivity contribution in [1.82, 2.24) is 10.2 Å². The minimum atomic E-state index is -4.12. The van der Waals surface area contributed by atoms with Gasteiger partial charge in [0.15, 0.2) is 0 Å². The zero-order valence-corrected chi connectivity index (χ0v) is 25.4. The fourth-order valence-corrected chi connectivity index (χ4v) is 7.02. The highest BCUT2D eigenvalue weighted by Gasteiger charge is 2.33. The molecule has 41 heavy (non-hydrogen) atoms. The van der Waals surface area contributed by atoms with E-state index in [1.54, 1.807) is 50.2 Å². The quantitative estimate of drug-likeness (QED) is 0.311. The molecule has 1 aliphatic rings. The van der Waals surface area contributed by atoms with Gasteiger partial charge in [0.2, 0.25) is 11.8 Å². The van der Waals surface area contributed by atoms with Gasteiger partial charge in [-0.25, -0.2) is 8.42 Å². The number of hydrogen-bond donors (Lipinski definition) is 1. The van der Waals surface area contributed by atoms with E-state index in [-0.39, 0.29) is 23.4 Å². The minimum absolute atomic E-state index is 0.0653. The van der Waals surface area contributed by atoms with Crippen molar-refractivity contribution < 1.29 is 18.0 Å². The van der Waals surface area contributed by atoms with Crippen LogP contribution in [0.1, 0.15) is 55.7 Å². The number of halogens is 1. The molecule has 0 saturated heterocycles. The zero-order chi connectivity index (χ0) is 29.6. The number of sulfonamides is 1. The van der Waals surface area contributed by atoms with Gasteiger partial charge >= 0.3 is 0 Å². The predicted molar refractivity (Wildman–Crippen MR) is 163 cm³/mol. The highest BCUT2D eigenvalue weighted by molar-refractivity contribution is 7.92. The van der Waals surface area contributed by atoms with Gasteiger partial charge in [-0.05, 0) is 75.1 Å². The normalized spacial score (nSPS) is 14.7. The molecule has 1 fully saturated rings. The summed E-state index contributed by atoms with van der Waals surface area (Å²) in [7, 11) is -4.12. The molecule has 3 aromatic rings. The number of nitrogens with zero attached hydrogens (tertiary/aromatic N) is 2. The van der Waals surface area contributed by atoms with Crippen molar-refractivity contribution in [2.75, 3.05) is 10.8 Å². The Balaban J connectivity index is 1.69. The van der Waals surface area contributed by atoms with Crippen molar-refractivity contribution in [3.63, 3.8) is 0 Å². The molecule has 1 atom stereocenters. The van der Waals surface area contributed by atoms with E-state index < -0.39 is 28.5 Å². The van der Waals surface area contributed by atoms with Crippen LogP contribution in [0.3, 0.4) is 0 Å². The summed E-state index contributed by atoms with van der Waals surface area (Å²) in [6.07, 6.45) is 5.14. The Morgan fingerprint density at radius 1 is 0.951 bits per heavy atom. The van der Waals surface area contributed by atoms with Crippen LogP contribution in [0.15, 0.2) is 77.7 Å². The number of anilines is 1. The fraction of sp³-hybridized carbons (Fsp3) is 0.375. The monoisotopic (exact) mass is 595 g/mol. The summed E-state index contributed by atoms with van der Waals surface area (Å²) in [5, 5.41) is 3.59. The molecule has 0 unspecified atom stereocenters. The lowest BCUT2D eigenvalue weighted by molar-refractivity contribution is -0.139. The first-order chi connectivity index (χ1) is 19.6. The largest absolute Gasteiger partial charge is 0.352 e. The first-order valence-corrected chi connectivity index (χ1v) is 15.9. The van der Waals surface area contributed by atoms with Crippen LogP contribution >= 0.6 is 11.6 Å². The molecular weight excluding hydrogens is 558 g/mol. The molecule has 0 aliphatic heterocycles. The summed E-state index contributed by atoms with van der Waals surface area (Å²) in [5.74, 6) is -0.718. The molecule has 0 radical (unpaired) electrons. The highest BCUT2D eigenvalue weighted by Crippen LogP contribution is 2.29. The molecule has 9 heteroatoms. The number of benzene rings is 3. The van der Waals surface area contributed by atoms with Crippen LogP contribution in [0.2, 0.25) is 5.02 Å². The molecule has 3 aromatic carbocycles. The topological polar surface area (TPSA) is 86.8 Å². The van der Waals surface area contributed by atoms with E-state index in [1.807, 2.05) is 31.2 Å². The van der Waals surface area contributed by atoms with Gasteiger partial charge in [0.25, 0.3) is 10.0 Å². The molecule has 0 spiro atoms. The molecular formula is C32H38ClN3O4S. The molecule has 1 aliphatic carbocycles. The first kappa shape index (κ1) is 30.6. The number of hydrogen-bond acceptors (Lipinski definition) is 4.